The summed E-state index contributed by atoms with van der Waals surface area (Å²) in [4.78, 5) is 0. The van der Waals surface area contributed by atoms with Crippen molar-refractivity contribution in [3.8, 4) is 6.07 Å². The largest absolute Gasteiger partial charge is 0.418 e. The number of nitrogens with two attached hydrogens (primary N) is 1. The van der Waals surface area contributed by atoms with Gasteiger partial charge in [0.25, 0.3) is 0 Å². The van der Waals surface area contributed by atoms with Crippen LogP contribution in [-0.2, 0) is 18.9 Å². The number of nitrogens with zero attached hydrogens (tertiary/aromatic N) is 1. The van der Waals surface area contributed by atoms with E-state index in [0.717, 1.165) is 6.07 Å². The number of nitriles is 1. The number of hydrogen-bond donors (Lipinski definition) is 1. The summed E-state index contributed by atoms with van der Waals surface area (Å²) in [5.41, 5.74) is -0.195. The highest BCUT2D eigenvalue weighted by Gasteiger charge is 2.42. The first kappa shape index (κ1) is 14.3. The molecule has 0 aliphatic heterocycles. The lowest BCUT2D eigenvalue weighted by molar-refractivity contribution is -0.143. The summed E-state index contributed by atoms with van der Waals surface area (Å²) in [6.07, 6.45) is -10.1. The molecule has 1 rings (SSSR count). The Kier molecular flexibility index (Phi) is 3.57. The van der Waals surface area contributed by atoms with Crippen LogP contribution < -0.4 is 5.73 Å². The van der Waals surface area contributed by atoms with E-state index in [1.165, 1.54) is 0 Å². The summed E-state index contributed by atoms with van der Waals surface area (Å²) >= 11 is 0. The Labute approximate surface area is 97.6 Å². The molecule has 2 nitrogen and oxygen atoms in total. The fraction of sp³-hybridized carbons (Fsp3) is 0.300. The molecule has 0 fully saturated rings. The van der Waals surface area contributed by atoms with Crippen molar-refractivity contribution in [1.29, 1.82) is 5.26 Å². The highest BCUT2D eigenvalue weighted by Crippen LogP contribution is 2.40. The van der Waals surface area contributed by atoms with Crippen molar-refractivity contribution >= 4 is 0 Å². The average molecular weight is 268 g/mol. The molecule has 0 unspecified atom stereocenters. The molecule has 1 aromatic rings. The van der Waals surface area contributed by atoms with Gasteiger partial charge in [0, 0.05) is 6.54 Å². The molecule has 0 spiro atoms. The predicted molar refractivity (Wildman–Crippen MR) is 49.1 cm³/mol. The van der Waals surface area contributed by atoms with Gasteiger partial charge in [-0.3, -0.25) is 0 Å². The van der Waals surface area contributed by atoms with Crippen LogP contribution in [0.15, 0.2) is 12.1 Å². The van der Waals surface area contributed by atoms with Gasteiger partial charge in [-0.1, -0.05) is 6.07 Å². The smallest absolute Gasteiger partial charge is 0.326 e. The van der Waals surface area contributed by atoms with Crippen molar-refractivity contribution in [2.24, 2.45) is 5.73 Å². The number of halogens is 6. The molecule has 0 saturated heterocycles. The van der Waals surface area contributed by atoms with Gasteiger partial charge in [0.1, 0.15) is 6.07 Å². The van der Waals surface area contributed by atoms with Crippen molar-refractivity contribution < 1.29 is 26.3 Å². The Morgan fingerprint density at radius 1 is 1.06 bits per heavy atom. The standard InChI is InChI=1S/C10H6F6N2/c11-9(12,13)7-2-1-5(3-17)8(6(7)4-18)10(14,15)16/h1-2H,3,17H2. The molecule has 18 heavy (non-hydrogen) atoms. The molecule has 0 heterocycles. The molecule has 0 aromatic heterocycles. The van der Waals surface area contributed by atoms with Gasteiger partial charge < -0.3 is 5.73 Å². The second kappa shape index (κ2) is 4.49. The highest BCUT2D eigenvalue weighted by molar-refractivity contribution is 5.51. The highest BCUT2D eigenvalue weighted by atomic mass is 19.4. The molecule has 0 amide bonds. The van der Waals surface area contributed by atoms with E-state index in [-0.39, 0.29) is 0 Å². The molecule has 0 radical (unpaired) electrons. The van der Waals surface area contributed by atoms with Crippen LogP contribution in [0, 0.1) is 11.3 Å². The van der Waals surface area contributed by atoms with Crippen LogP contribution in [0.5, 0.6) is 0 Å². The van der Waals surface area contributed by atoms with Crippen LogP contribution in [0.25, 0.3) is 0 Å². The van der Waals surface area contributed by atoms with Crippen molar-refractivity contribution in [1.82, 2.24) is 0 Å². The van der Waals surface area contributed by atoms with Gasteiger partial charge in [-0.2, -0.15) is 31.6 Å². The van der Waals surface area contributed by atoms with E-state index in [9.17, 15) is 26.3 Å². The van der Waals surface area contributed by atoms with E-state index < -0.39 is 41.2 Å². The van der Waals surface area contributed by atoms with Crippen molar-refractivity contribution in [2.75, 3.05) is 0 Å². The molecule has 1 aromatic carbocycles. The summed E-state index contributed by atoms with van der Waals surface area (Å²) in [6, 6.07) is 2.01. The first-order valence-electron chi connectivity index (χ1n) is 4.53. The third-order valence-corrected chi connectivity index (χ3v) is 2.21. The molecule has 0 saturated carbocycles. The molecule has 0 atom stereocenters. The lowest BCUT2D eigenvalue weighted by Gasteiger charge is -2.17. The SMILES string of the molecule is N#Cc1c(C(F)(F)F)ccc(CN)c1C(F)(F)F. The minimum absolute atomic E-state index is 0.427. The first-order chi connectivity index (χ1) is 8.12. The normalized spacial score (nSPS) is 12.3. The summed E-state index contributed by atoms with van der Waals surface area (Å²) < 4.78 is 75.5. The van der Waals surface area contributed by atoms with E-state index >= 15 is 0 Å². The predicted octanol–water partition coefficient (Wildman–Crippen LogP) is 3.05. The third-order valence-electron chi connectivity index (χ3n) is 2.21. The molecule has 98 valence electrons. The Morgan fingerprint density at radius 3 is 1.94 bits per heavy atom. The molecule has 2 N–H and O–H groups in total. The Balaban J connectivity index is 3.71. The Morgan fingerprint density at radius 2 is 1.61 bits per heavy atom. The molecule has 0 aliphatic rings. The van der Waals surface area contributed by atoms with Crippen LogP contribution in [-0.4, -0.2) is 0 Å². The van der Waals surface area contributed by atoms with Crippen molar-refractivity contribution in [2.45, 2.75) is 18.9 Å². The zero-order valence-corrected chi connectivity index (χ0v) is 8.65. The Hall–Kier alpha value is -1.75. The molecular weight excluding hydrogens is 262 g/mol. The fourth-order valence-corrected chi connectivity index (χ4v) is 1.49. The molecule has 0 aliphatic carbocycles. The zero-order valence-electron chi connectivity index (χ0n) is 8.65. The van der Waals surface area contributed by atoms with Crippen LogP contribution in [0.1, 0.15) is 22.3 Å². The lowest BCUT2D eigenvalue weighted by Crippen LogP contribution is -2.18. The first-order valence-corrected chi connectivity index (χ1v) is 4.53. The third kappa shape index (κ3) is 2.56. The van der Waals surface area contributed by atoms with Gasteiger partial charge in [0.05, 0.1) is 16.7 Å². The fourth-order valence-electron chi connectivity index (χ4n) is 1.49. The summed E-state index contributed by atoms with van der Waals surface area (Å²) in [7, 11) is 0. The quantitative estimate of drug-likeness (QED) is 0.796. The lowest BCUT2D eigenvalue weighted by atomic mass is 9.95. The maximum absolute atomic E-state index is 12.7. The maximum atomic E-state index is 12.7. The van der Waals surface area contributed by atoms with Crippen LogP contribution in [0.3, 0.4) is 0 Å². The van der Waals surface area contributed by atoms with E-state index in [0.29, 0.717) is 12.1 Å². The van der Waals surface area contributed by atoms with Crippen LogP contribution >= 0.6 is 0 Å². The zero-order chi connectivity index (χ0) is 14.1. The molecule has 0 bridgehead atoms. The minimum Gasteiger partial charge on any atom is -0.326 e. The van der Waals surface area contributed by atoms with E-state index in [1.807, 2.05) is 0 Å². The Bertz CT molecular complexity index is 495. The minimum atomic E-state index is -5.07. The number of alkyl halides is 6. The van der Waals surface area contributed by atoms with Crippen LogP contribution in [0.4, 0.5) is 26.3 Å². The van der Waals surface area contributed by atoms with Gasteiger partial charge in [-0.25, -0.2) is 0 Å². The van der Waals surface area contributed by atoms with Gasteiger partial charge in [-0.15, -0.1) is 0 Å². The summed E-state index contributed by atoms with van der Waals surface area (Å²) in [5.74, 6) is 0. The number of hydrogen-bond acceptors (Lipinski definition) is 2. The summed E-state index contributed by atoms with van der Waals surface area (Å²) in [5, 5.41) is 8.56. The van der Waals surface area contributed by atoms with E-state index in [2.05, 4.69) is 0 Å². The van der Waals surface area contributed by atoms with Crippen molar-refractivity contribution in [3.05, 3.63) is 34.4 Å². The van der Waals surface area contributed by atoms with E-state index in [4.69, 9.17) is 11.0 Å². The van der Waals surface area contributed by atoms with E-state index in [1.54, 1.807) is 0 Å². The van der Waals surface area contributed by atoms with Gasteiger partial charge in [-0.05, 0) is 11.6 Å². The van der Waals surface area contributed by atoms with Gasteiger partial charge >= 0.3 is 12.4 Å². The number of benzene rings is 1. The maximum Gasteiger partial charge on any atom is 0.418 e. The van der Waals surface area contributed by atoms with Crippen molar-refractivity contribution in [3.63, 3.8) is 0 Å². The monoisotopic (exact) mass is 268 g/mol. The summed E-state index contributed by atoms with van der Waals surface area (Å²) in [6.45, 7) is -0.609. The number of rotatable bonds is 1. The second-order valence-corrected chi connectivity index (χ2v) is 3.33. The van der Waals surface area contributed by atoms with Crippen LogP contribution in [0.2, 0.25) is 0 Å². The molecule has 8 heteroatoms. The average Bonchev–Trinajstić information content (AvgIpc) is 2.24. The second-order valence-electron chi connectivity index (χ2n) is 3.33. The topological polar surface area (TPSA) is 49.8 Å². The molecular formula is C10H6F6N2. The van der Waals surface area contributed by atoms with Gasteiger partial charge in [0.15, 0.2) is 0 Å². The van der Waals surface area contributed by atoms with Gasteiger partial charge in [0.2, 0.25) is 0 Å².